The molecule has 1 heterocycles. The first-order valence-corrected chi connectivity index (χ1v) is 9.23. The molecule has 0 radical (unpaired) electrons. The number of nitrogen functional groups attached to an aromatic ring is 1. The third-order valence-corrected chi connectivity index (χ3v) is 5.53. The molecule has 0 saturated heterocycles. The third-order valence-electron chi connectivity index (χ3n) is 4.41. The Morgan fingerprint density at radius 2 is 1.71 bits per heavy atom. The highest BCUT2D eigenvalue weighted by Gasteiger charge is 2.19. The number of nitrogens with one attached hydrogen (secondary N) is 2. The van der Waals surface area contributed by atoms with E-state index in [0.29, 0.717) is 27.9 Å². The molecule has 0 atom stereocenters. The molecule has 0 spiro atoms. The number of hydrazine groups is 1. The van der Waals surface area contributed by atoms with Crippen molar-refractivity contribution in [2.24, 2.45) is 5.84 Å². The number of hydrogen-bond acceptors (Lipinski definition) is 8. The van der Waals surface area contributed by atoms with Crippen molar-refractivity contribution >= 4 is 38.3 Å². The molecule has 8 nitrogen and oxygen atoms in total. The van der Waals surface area contributed by atoms with Crippen LogP contribution < -0.4 is 30.8 Å². The lowest BCUT2D eigenvalue weighted by molar-refractivity contribution is 0.102. The second kappa shape index (κ2) is 7.91. The van der Waals surface area contributed by atoms with E-state index in [1.165, 1.54) is 32.7 Å². The van der Waals surface area contributed by atoms with Crippen LogP contribution in [0.25, 0.3) is 10.2 Å². The fourth-order valence-electron chi connectivity index (χ4n) is 3.04. The molecule has 0 aliphatic carbocycles. The number of amides is 1. The zero-order valence-electron chi connectivity index (χ0n) is 16.3. The molecule has 3 aromatic rings. The Labute approximate surface area is 166 Å². The van der Waals surface area contributed by atoms with Crippen LogP contribution in [0.15, 0.2) is 18.2 Å². The maximum Gasteiger partial charge on any atom is 0.255 e. The molecule has 0 aliphatic heterocycles. The Balaban J connectivity index is 2.01. The van der Waals surface area contributed by atoms with Gasteiger partial charge in [0, 0.05) is 11.3 Å². The minimum Gasteiger partial charge on any atom is -0.493 e. The SMILES string of the molecule is COc1cc(C(=O)Nc2c(C)cc3nc(NN)sc3c2C)cc(OC)c1OC. The van der Waals surface area contributed by atoms with E-state index in [9.17, 15) is 4.79 Å². The van der Waals surface area contributed by atoms with Gasteiger partial charge in [-0.3, -0.25) is 10.2 Å². The summed E-state index contributed by atoms with van der Waals surface area (Å²) in [6, 6.07) is 5.15. The van der Waals surface area contributed by atoms with E-state index in [1.807, 2.05) is 19.9 Å². The van der Waals surface area contributed by atoms with Crippen LogP contribution in [0.1, 0.15) is 21.5 Å². The summed E-state index contributed by atoms with van der Waals surface area (Å²) in [4.78, 5) is 17.4. The predicted molar refractivity (Wildman–Crippen MR) is 111 cm³/mol. The summed E-state index contributed by atoms with van der Waals surface area (Å²) in [6.07, 6.45) is 0. The van der Waals surface area contributed by atoms with E-state index in [1.54, 1.807) is 12.1 Å². The fraction of sp³-hybridized carbons (Fsp3) is 0.263. The lowest BCUT2D eigenvalue weighted by Crippen LogP contribution is -2.14. The van der Waals surface area contributed by atoms with Gasteiger partial charge in [0.1, 0.15) is 0 Å². The number of ether oxygens (including phenoxy) is 3. The molecule has 0 bridgehead atoms. The summed E-state index contributed by atoms with van der Waals surface area (Å²) in [5, 5.41) is 3.61. The number of aromatic nitrogens is 1. The van der Waals surface area contributed by atoms with Crippen LogP contribution in [0, 0.1) is 13.8 Å². The number of methoxy groups -OCH3 is 3. The Morgan fingerprint density at radius 3 is 2.25 bits per heavy atom. The summed E-state index contributed by atoms with van der Waals surface area (Å²) >= 11 is 1.43. The maximum atomic E-state index is 12.9. The molecule has 2 aromatic carbocycles. The van der Waals surface area contributed by atoms with Gasteiger partial charge in [-0.25, -0.2) is 10.8 Å². The van der Waals surface area contributed by atoms with Gasteiger partial charge in [0.25, 0.3) is 5.91 Å². The van der Waals surface area contributed by atoms with Gasteiger partial charge in [0.05, 0.1) is 31.5 Å². The van der Waals surface area contributed by atoms with Crippen molar-refractivity contribution in [3.05, 3.63) is 34.9 Å². The Kier molecular flexibility index (Phi) is 5.57. The number of benzene rings is 2. The van der Waals surface area contributed by atoms with Gasteiger partial charge in [-0.05, 0) is 43.2 Å². The smallest absolute Gasteiger partial charge is 0.255 e. The zero-order valence-corrected chi connectivity index (χ0v) is 17.1. The van der Waals surface area contributed by atoms with E-state index in [4.69, 9.17) is 20.1 Å². The average Bonchev–Trinajstić information content (AvgIpc) is 3.12. The van der Waals surface area contributed by atoms with E-state index in [-0.39, 0.29) is 5.91 Å². The van der Waals surface area contributed by atoms with Gasteiger partial charge in [-0.1, -0.05) is 11.3 Å². The van der Waals surface area contributed by atoms with Crippen molar-refractivity contribution in [2.75, 3.05) is 32.1 Å². The molecule has 9 heteroatoms. The average molecular weight is 402 g/mol. The van der Waals surface area contributed by atoms with E-state index < -0.39 is 0 Å². The van der Waals surface area contributed by atoms with Crippen molar-refractivity contribution in [1.82, 2.24) is 4.98 Å². The predicted octanol–water partition coefficient (Wildman–Crippen LogP) is 3.48. The molecular weight excluding hydrogens is 380 g/mol. The lowest BCUT2D eigenvalue weighted by atomic mass is 10.1. The summed E-state index contributed by atoms with van der Waals surface area (Å²) < 4.78 is 16.9. The Hall–Kier alpha value is -3.04. The molecule has 28 heavy (non-hydrogen) atoms. The number of rotatable bonds is 6. The highest BCUT2D eigenvalue weighted by molar-refractivity contribution is 7.22. The topological polar surface area (TPSA) is 108 Å². The van der Waals surface area contributed by atoms with Gasteiger partial charge < -0.3 is 19.5 Å². The molecule has 4 N–H and O–H groups in total. The number of anilines is 2. The third kappa shape index (κ3) is 3.41. The second-order valence-electron chi connectivity index (χ2n) is 6.07. The molecule has 0 unspecified atom stereocenters. The Morgan fingerprint density at radius 1 is 1.07 bits per heavy atom. The standard InChI is InChI=1S/C19H22N4O4S/c1-9-6-12-17(28-19(21-12)23-20)10(2)15(9)22-18(24)11-7-13(25-3)16(27-5)14(8-11)26-4/h6-8H,20H2,1-5H3,(H,21,23)(H,22,24). The van der Waals surface area contributed by atoms with Gasteiger partial charge in [0.2, 0.25) is 5.75 Å². The van der Waals surface area contributed by atoms with Crippen molar-refractivity contribution < 1.29 is 19.0 Å². The van der Waals surface area contributed by atoms with Crippen LogP contribution in [-0.4, -0.2) is 32.2 Å². The van der Waals surface area contributed by atoms with E-state index >= 15 is 0 Å². The van der Waals surface area contributed by atoms with Crippen LogP contribution in [0.3, 0.4) is 0 Å². The van der Waals surface area contributed by atoms with Gasteiger partial charge >= 0.3 is 0 Å². The lowest BCUT2D eigenvalue weighted by Gasteiger charge is -2.15. The van der Waals surface area contributed by atoms with Crippen molar-refractivity contribution in [3.63, 3.8) is 0 Å². The van der Waals surface area contributed by atoms with Crippen molar-refractivity contribution in [2.45, 2.75) is 13.8 Å². The molecule has 0 saturated carbocycles. The summed E-state index contributed by atoms with van der Waals surface area (Å²) in [6.45, 7) is 3.87. The number of carbonyl (C=O) groups excluding carboxylic acids is 1. The van der Waals surface area contributed by atoms with E-state index in [0.717, 1.165) is 27.0 Å². The maximum absolute atomic E-state index is 12.9. The molecule has 3 rings (SSSR count). The minimum absolute atomic E-state index is 0.286. The quantitative estimate of drug-likeness (QED) is 0.428. The largest absolute Gasteiger partial charge is 0.493 e. The minimum atomic E-state index is -0.286. The monoisotopic (exact) mass is 402 g/mol. The Bertz CT molecular complexity index is 1020. The van der Waals surface area contributed by atoms with Gasteiger partial charge in [0.15, 0.2) is 16.6 Å². The second-order valence-corrected chi connectivity index (χ2v) is 7.07. The molecule has 148 valence electrons. The number of nitrogens with zero attached hydrogens (tertiary/aromatic N) is 1. The highest BCUT2D eigenvalue weighted by atomic mass is 32.1. The summed E-state index contributed by atoms with van der Waals surface area (Å²) in [7, 11) is 4.53. The summed E-state index contributed by atoms with van der Waals surface area (Å²) in [5.41, 5.74) is 6.35. The fourth-order valence-corrected chi connectivity index (χ4v) is 3.90. The van der Waals surface area contributed by atoms with Crippen LogP contribution >= 0.6 is 11.3 Å². The van der Waals surface area contributed by atoms with Crippen LogP contribution in [0.2, 0.25) is 0 Å². The molecule has 1 amide bonds. The van der Waals surface area contributed by atoms with Crippen molar-refractivity contribution in [1.29, 1.82) is 0 Å². The normalized spacial score (nSPS) is 10.6. The molecule has 0 aliphatic rings. The van der Waals surface area contributed by atoms with Crippen LogP contribution in [-0.2, 0) is 0 Å². The van der Waals surface area contributed by atoms with Gasteiger partial charge in [-0.2, -0.15) is 0 Å². The van der Waals surface area contributed by atoms with Gasteiger partial charge in [-0.15, -0.1) is 0 Å². The highest BCUT2D eigenvalue weighted by Crippen LogP contribution is 2.39. The molecule has 0 fully saturated rings. The number of nitrogens with two attached hydrogens (primary N) is 1. The number of hydrogen-bond donors (Lipinski definition) is 3. The van der Waals surface area contributed by atoms with E-state index in [2.05, 4.69) is 15.7 Å². The number of fused-ring (bicyclic) bond motifs is 1. The number of thiazole rings is 1. The first-order chi connectivity index (χ1) is 13.4. The summed E-state index contributed by atoms with van der Waals surface area (Å²) in [5.74, 6) is 6.44. The van der Waals surface area contributed by atoms with Crippen LogP contribution in [0.5, 0.6) is 17.2 Å². The molecular formula is C19H22N4O4S. The number of aryl methyl sites for hydroxylation is 2. The zero-order chi connectivity index (χ0) is 20.4. The number of carbonyl (C=O) groups is 1. The first kappa shape index (κ1) is 19.7. The van der Waals surface area contributed by atoms with Crippen LogP contribution in [0.4, 0.5) is 10.8 Å². The van der Waals surface area contributed by atoms with Crippen molar-refractivity contribution in [3.8, 4) is 17.2 Å². The molecule has 1 aromatic heterocycles. The first-order valence-electron chi connectivity index (χ1n) is 8.42.